The van der Waals surface area contributed by atoms with E-state index < -0.39 is 56.9 Å². The molecule has 0 unspecified atom stereocenters. The average molecular weight is 617 g/mol. The zero-order chi connectivity index (χ0) is 29.0. The van der Waals surface area contributed by atoms with Gasteiger partial charge >= 0.3 is 6.18 Å². The number of carbonyl (C=O) groups excluding carboxylic acids is 2. The molecule has 0 radical (unpaired) electrons. The number of halogens is 6. The van der Waals surface area contributed by atoms with Crippen LogP contribution in [0.3, 0.4) is 0 Å². The topological polar surface area (TPSA) is 86.8 Å². The Bertz CT molecular complexity index is 1270. The smallest absolute Gasteiger partial charge is 0.352 e. The van der Waals surface area contributed by atoms with E-state index in [1.54, 1.807) is 13.0 Å². The summed E-state index contributed by atoms with van der Waals surface area (Å²) < 4.78 is 66.0. The predicted octanol–water partition coefficient (Wildman–Crippen LogP) is 5.76. The lowest BCUT2D eigenvalue weighted by molar-refractivity contribution is -0.139. The quantitative estimate of drug-likeness (QED) is 0.368. The van der Waals surface area contributed by atoms with Crippen LogP contribution in [0.2, 0.25) is 15.1 Å². The summed E-state index contributed by atoms with van der Waals surface area (Å²) in [6.07, 6.45) is -3.51. The molecule has 0 saturated carbocycles. The number of hydrogen-bond donors (Lipinski definition) is 1. The minimum atomic E-state index is -4.87. The number of carbonyl (C=O) groups is 2. The largest absolute Gasteiger partial charge is 0.417 e. The number of sulfonamides is 1. The molecule has 2 aromatic rings. The molecule has 0 aromatic heterocycles. The van der Waals surface area contributed by atoms with Crippen molar-refractivity contribution < 1.29 is 31.2 Å². The van der Waals surface area contributed by atoms with Gasteiger partial charge in [0.15, 0.2) is 0 Å². The van der Waals surface area contributed by atoms with Crippen molar-refractivity contribution in [3.63, 3.8) is 0 Å². The molecule has 0 heterocycles. The fourth-order valence-electron chi connectivity index (χ4n) is 3.40. The SMILES string of the molecule is CC[C@@H](C)NC(=O)[C@@H](C)N(Cc1c(Cl)cccc1Cl)C(=O)CN(c1ccc(Cl)c(C(F)(F)F)c1)S(C)(=O)=O. The van der Waals surface area contributed by atoms with Crippen LogP contribution < -0.4 is 9.62 Å². The zero-order valence-electron chi connectivity index (χ0n) is 20.9. The molecule has 2 atom stereocenters. The fourth-order valence-corrected chi connectivity index (χ4v) is 4.98. The Morgan fingerprint density at radius 3 is 2.11 bits per heavy atom. The molecule has 7 nitrogen and oxygen atoms in total. The number of benzene rings is 2. The first-order valence-corrected chi connectivity index (χ1v) is 14.3. The van der Waals surface area contributed by atoms with Crippen molar-refractivity contribution in [2.24, 2.45) is 0 Å². The Kier molecular flexibility index (Phi) is 10.7. The number of amides is 2. The molecule has 2 aromatic carbocycles. The van der Waals surface area contributed by atoms with Crippen LogP contribution >= 0.6 is 34.8 Å². The Morgan fingerprint density at radius 1 is 1.03 bits per heavy atom. The van der Waals surface area contributed by atoms with Gasteiger partial charge in [0.25, 0.3) is 0 Å². The highest BCUT2D eigenvalue weighted by atomic mass is 35.5. The van der Waals surface area contributed by atoms with E-state index in [0.29, 0.717) is 22.4 Å². The molecule has 0 spiro atoms. The van der Waals surface area contributed by atoms with Crippen LogP contribution in [-0.2, 0) is 32.3 Å². The van der Waals surface area contributed by atoms with Crippen LogP contribution in [0.4, 0.5) is 18.9 Å². The van der Waals surface area contributed by atoms with Gasteiger partial charge < -0.3 is 10.2 Å². The molecule has 0 saturated heterocycles. The van der Waals surface area contributed by atoms with E-state index in [4.69, 9.17) is 34.8 Å². The number of nitrogens with zero attached hydrogens (tertiary/aromatic N) is 2. The van der Waals surface area contributed by atoms with Crippen LogP contribution in [0, 0.1) is 0 Å². The van der Waals surface area contributed by atoms with Crippen LogP contribution in [0.25, 0.3) is 0 Å². The van der Waals surface area contributed by atoms with E-state index in [2.05, 4.69) is 5.32 Å². The molecule has 14 heteroatoms. The first-order valence-electron chi connectivity index (χ1n) is 11.3. The Balaban J connectivity index is 2.53. The lowest BCUT2D eigenvalue weighted by atomic mass is 10.1. The van der Waals surface area contributed by atoms with Crippen LogP contribution in [-0.4, -0.2) is 50.0 Å². The standard InChI is InChI=1S/C24H27Cl3F3N3O4S/c1-5-14(2)31-23(35)15(3)32(12-17-19(25)7-6-8-20(17)26)22(34)13-33(38(4,36)37)16-9-10-21(27)18(11-16)24(28,29)30/h6-11,14-15H,5,12-13H2,1-4H3,(H,31,35)/t14-,15-/m1/s1. The summed E-state index contributed by atoms with van der Waals surface area (Å²) in [7, 11) is -4.26. The summed E-state index contributed by atoms with van der Waals surface area (Å²) in [5.74, 6) is -1.39. The maximum absolute atomic E-state index is 13.6. The zero-order valence-corrected chi connectivity index (χ0v) is 24.0. The second kappa shape index (κ2) is 12.8. The molecular weight excluding hydrogens is 590 g/mol. The predicted molar refractivity (Wildman–Crippen MR) is 143 cm³/mol. The maximum Gasteiger partial charge on any atom is 0.417 e. The van der Waals surface area contributed by atoms with Crippen molar-refractivity contribution in [2.75, 3.05) is 17.1 Å². The van der Waals surface area contributed by atoms with E-state index in [1.807, 2.05) is 6.92 Å². The summed E-state index contributed by atoms with van der Waals surface area (Å²) in [6.45, 7) is 3.90. The molecule has 2 rings (SSSR count). The van der Waals surface area contributed by atoms with E-state index >= 15 is 0 Å². The third kappa shape index (κ3) is 8.14. The van der Waals surface area contributed by atoms with Crippen molar-refractivity contribution >= 4 is 62.3 Å². The van der Waals surface area contributed by atoms with Gasteiger partial charge in [-0.2, -0.15) is 13.2 Å². The highest BCUT2D eigenvalue weighted by Crippen LogP contribution is 2.37. The number of anilines is 1. The monoisotopic (exact) mass is 615 g/mol. The van der Waals surface area contributed by atoms with Crippen molar-refractivity contribution in [2.45, 2.75) is 52.0 Å². The van der Waals surface area contributed by atoms with Crippen LogP contribution in [0.5, 0.6) is 0 Å². The summed E-state index contributed by atoms with van der Waals surface area (Å²) >= 11 is 18.2. The third-order valence-electron chi connectivity index (χ3n) is 5.78. The van der Waals surface area contributed by atoms with Crippen molar-refractivity contribution in [3.8, 4) is 0 Å². The van der Waals surface area contributed by atoms with Gasteiger partial charge in [-0.15, -0.1) is 0 Å². The molecule has 1 N–H and O–H groups in total. The van der Waals surface area contributed by atoms with Gasteiger partial charge in [0, 0.05) is 28.2 Å². The van der Waals surface area contributed by atoms with Gasteiger partial charge in [-0.3, -0.25) is 13.9 Å². The fraction of sp³-hybridized carbons (Fsp3) is 0.417. The van der Waals surface area contributed by atoms with E-state index in [0.717, 1.165) is 23.3 Å². The second-order valence-corrected chi connectivity index (χ2v) is 11.8. The Labute approximate surface area is 234 Å². The number of hydrogen-bond acceptors (Lipinski definition) is 4. The lowest BCUT2D eigenvalue weighted by Crippen LogP contribution is -2.52. The molecule has 0 aliphatic heterocycles. The lowest BCUT2D eigenvalue weighted by Gasteiger charge is -2.32. The van der Waals surface area contributed by atoms with Crippen molar-refractivity contribution in [1.29, 1.82) is 0 Å². The van der Waals surface area contributed by atoms with Gasteiger partial charge in [-0.05, 0) is 50.6 Å². The van der Waals surface area contributed by atoms with Gasteiger partial charge in [0.05, 0.1) is 22.5 Å². The molecule has 2 amide bonds. The van der Waals surface area contributed by atoms with E-state index in [1.165, 1.54) is 19.1 Å². The Hall–Kier alpha value is -2.21. The highest BCUT2D eigenvalue weighted by Gasteiger charge is 2.36. The summed E-state index contributed by atoms with van der Waals surface area (Å²) in [5.41, 5.74) is -1.38. The second-order valence-electron chi connectivity index (χ2n) is 8.65. The normalized spacial score (nSPS) is 13.5. The molecule has 210 valence electrons. The molecular formula is C24H27Cl3F3N3O4S. The minimum Gasteiger partial charge on any atom is -0.352 e. The number of nitrogens with one attached hydrogen (secondary N) is 1. The number of alkyl halides is 3. The maximum atomic E-state index is 13.6. The van der Waals surface area contributed by atoms with Gasteiger partial charge in [0.2, 0.25) is 21.8 Å². The highest BCUT2D eigenvalue weighted by molar-refractivity contribution is 7.92. The molecule has 0 aliphatic carbocycles. The van der Waals surface area contributed by atoms with Crippen molar-refractivity contribution in [3.05, 3.63) is 62.6 Å². The van der Waals surface area contributed by atoms with Gasteiger partial charge in [-0.25, -0.2) is 8.42 Å². The van der Waals surface area contributed by atoms with Crippen LogP contribution in [0.1, 0.15) is 38.3 Å². The molecule has 0 fully saturated rings. The molecule has 0 bridgehead atoms. The number of rotatable bonds is 10. The molecule has 0 aliphatic rings. The first-order chi connectivity index (χ1) is 17.5. The molecule has 38 heavy (non-hydrogen) atoms. The minimum absolute atomic E-state index is 0.206. The summed E-state index contributed by atoms with van der Waals surface area (Å²) in [5, 5.41) is 2.53. The van der Waals surface area contributed by atoms with Gasteiger partial charge in [-0.1, -0.05) is 47.8 Å². The van der Waals surface area contributed by atoms with E-state index in [9.17, 15) is 31.2 Å². The first kappa shape index (κ1) is 32.0. The van der Waals surface area contributed by atoms with E-state index in [-0.39, 0.29) is 22.6 Å². The summed E-state index contributed by atoms with van der Waals surface area (Å²) in [4.78, 5) is 27.5. The third-order valence-corrected chi connectivity index (χ3v) is 7.96. The van der Waals surface area contributed by atoms with Crippen molar-refractivity contribution in [1.82, 2.24) is 10.2 Å². The van der Waals surface area contributed by atoms with Gasteiger partial charge in [0.1, 0.15) is 12.6 Å². The summed E-state index contributed by atoms with van der Waals surface area (Å²) in [6, 6.07) is 5.82. The van der Waals surface area contributed by atoms with Crippen LogP contribution in [0.15, 0.2) is 36.4 Å². The average Bonchev–Trinajstić information content (AvgIpc) is 2.80. The Morgan fingerprint density at radius 2 is 1.61 bits per heavy atom.